The molecule has 0 saturated heterocycles. The third-order valence-corrected chi connectivity index (χ3v) is 10.7. The Morgan fingerprint density at radius 2 is 1.40 bits per heavy atom. The van der Waals surface area contributed by atoms with E-state index in [4.69, 9.17) is 4.98 Å². The van der Waals surface area contributed by atoms with Crippen LogP contribution in [0.25, 0.3) is 22.0 Å². The number of carbonyl (C=O) groups is 2. The second kappa shape index (κ2) is 15.7. The number of benzene rings is 5. The largest absolute Gasteiger partial charge is 0.480 e. The molecule has 53 heavy (non-hydrogen) atoms. The monoisotopic (exact) mass is 719 g/mol. The van der Waals surface area contributed by atoms with E-state index < -0.39 is 23.5 Å². The number of nitrogens with zero attached hydrogens (tertiary/aromatic N) is 2. The van der Waals surface area contributed by atoms with Crippen LogP contribution in [0.15, 0.2) is 152 Å². The van der Waals surface area contributed by atoms with Crippen molar-refractivity contribution in [1.29, 1.82) is 0 Å². The van der Waals surface area contributed by atoms with Gasteiger partial charge in [0.15, 0.2) is 0 Å². The topological polar surface area (TPSA) is 112 Å². The van der Waals surface area contributed by atoms with Crippen LogP contribution >= 0.6 is 11.8 Å². The maximum absolute atomic E-state index is 13.7. The van der Waals surface area contributed by atoms with Crippen molar-refractivity contribution in [2.45, 2.75) is 36.7 Å². The van der Waals surface area contributed by atoms with E-state index in [0.29, 0.717) is 24.2 Å². The Morgan fingerprint density at radius 1 is 0.830 bits per heavy atom. The van der Waals surface area contributed by atoms with Gasteiger partial charge in [0.1, 0.15) is 17.3 Å². The molecule has 0 spiro atoms. The molecule has 2 heterocycles. The molecule has 0 bridgehead atoms. The van der Waals surface area contributed by atoms with Gasteiger partial charge in [-0.25, -0.2) is 9.78 Å². The normalized spacial score (nSPS) is 12.6. The van der Waals surface area contributed by atoms with E-state index in [-0.39, 0.29) is 5.25 Å². The highest BCUT2D eigenvalue weighted by atomic mass is 32.2. The van der Waals surface area contributed by atoms with E-state index in [9.17, 15) is 14.7 Å². The number of rotatable bonds is 14. The molecule has 0 aliphatic rings. The molecule has 0 aliphatic carbocycles. The lowest BCUT2D eigenvalue weighted by molar-refractivity contribution is -0.139. The summed E-state index contributed by atoms with van der Waals surface area (Å²) in [6.07, 6.45) is 6.25. The highest BCUT2D eigenvalue weighted by Gasteiger charge is 2.38. The molecule has 4 N–H and O–H groups in total. The first-order chi connectivity index (χ1) is 25.9. The summed E-state index contributed by atoms with van der Waals surface area (Å²) in [5.74, 6) is -1.52. The fraction of sp³-hybridized carbons (Fsp3) is 0.159. The van der Waals surface area contributed by atoms with E-state index >= 15 is 0 Å². The molecule has 9 heteroatoms. The van der Waals surface area contributed by atoms with Gasteiger partial charge in [0.2, 0.25) is 0 Å². The number of hydrogen-bond donors (Lipinski definition) is 4. The van der Waals surface area contributed by atoms with Gasteiger partial charge in [-0.3, -0.25) is 4.79 Å². The highest BCUT2D eigenvalue weighted by molar-refractivity contribution is 7.99. The Bertz CT molecular complexity index is 2210. The third kappa shape index (κ3) is 7.21. The summed E-state index contributed by atoms with van der Waals surface area (Å²) < 4.78 is 2.20. The number of thioether (sulfide) groups is 1. The number of carboxylic acid groups (broad SMARTS) is 1. The second-order valence-corrected chi connectivity index (χ2v) is 14.4. The van der Waals surface area contributed by atoms with Crippen LogP contribution in [0.5, 0.6) is 0 Å². The van der Waals surface area contributed by atoms with Crippen LogP contribution in [0, 0.1) is 0 Å². The summed E-state index contributed by atoms with van der Waals surface area (Å²) in [7, 11) is 0. The minimum absolute atomic E-state index is 0.0687. The quantitative estimate of drug-likeness (QED) is 0.0837. The molecule has 8 nitrogen and oxygen atoms in total. The fourth-order valence-electron chi connectivity index (χ4n) is 7.07. The molecule has 7 aromatic rings. The van der Waals surface area contributed by atoms with Crippen molar-refractivity contribution in [3.8, 4) is 11.1 Å². The van der Waals surface area contributed by atoms with Gasteiger partial charge in [-0.15, -0.1) is 0 Å². The first-order valence-corrected chi connectivity index (χ1v) is 18.9. The van der Waals surface area contributed by atoms with Gasteiger partial charge < -0.3 is 25.3 Å². The van der Waals surface area contributed by atoms with Crippen molar-refractivity contribution in [2.24, 2.45) is 0 Å². The number of aromatic amines is 1. The Kier molecular flexibility index (Phi) is 10.5. The molecule has 2 aromatic heterocycles. The van der Waals surface area contributed by atoms with E-state index in [0.717, 1.165) is 44.5 Å². The minimum Gasteiger partial charge on any atom is -0.480 e. The van der Waals surface area contributed by atoms with Crippen LogP contribution in [-0.2, 0) is 16.9 Å². The van der Waals surface area contributed by atoms with E-state index in [1.54, 1.807) is 11.8 Å². The lowest BCUT2D eigenvalue weighted by Gasteiger charge is -2.37. The SMILES string of the molecule is CSC(C)C[C@H](NC(=O)c1[nH]c2ccc(NCc3cn(C(c4ccccc4)(c4ccccc4)c4ccccc4)cn3)cc2c1-c1ccccc1)C(=O)O. The maximum Gasteiger partial charge on any atom is 0.326 e. The van der Waals surface area contributed by atoms with Crippen molar-refractivity contribution in [3.63, 3.8) is 0 Å². The smallest absolute Gasteiger partial charge is 0.326 e. The molecule has 0 saturated carbocycles. The van der Waals surface area contributed by atoms with Gasteiger partial charge in [-0.2, -0.15) is 11.8 Å². The van der Waals surface area contributed by atoms with Crippen LogP contribution in [0.2, 0.25) is 0 Å². The Labute approximate surface area is 313 Å². The van der Waals surface area contributed by atoms with E-state index in [2.05, 4.69) is 99.2 Å². The predicted octanol–water partition coefficient (Wildman–Crippen LogP) is 8.81. The maximum atomic E-state index is 13.7. The van der Waals surface area contributed by atoms with Crippen molar-refractivity contribution in [2.75, 3.05) is 11.6 Å². The van der Waals surface area contributed by atoms with E-state index in [1.165, 1.54) is 0 Å². The highest BCUT2D eigenvalue weighted by Crippen LogP contribution is 2.41. The van der Waals surface area contributed by atoms with Crippen molar-refractivity contribution >= 4 is 40.2 Å². The Balaban J connectivity index is 1.22. The molecule has 1 unspecified atom stereocenters. The van der Waals surface area contributed by atoms with Gasteiger partial charge in [-0.05, 0) is 53.1 Å². The van der Waals surface area contributed by atoms with E-state index in [1.807, 2.05) is 86.2 Å². The number of carbonyl (C=O) groups excluding carboxylic acids is 1. The number of H-pyrrole nitrogens is 1. The number of aliphatic carboxylic acids is 1. The van der Waals surface area contributed by atoms with Gasteiger partial charge in [0, 0.05) is 33.6 Å². The van der Waals surface area contributed by atoms with Crippen LogP contribution in [0.1, 0.15) is 46.2 Å². The summed E-state index contributed by atoms with van der Waals surface area (Å²) in [4.78, 5) is 34.0. The number of anilines is 1. The van der Waals surface area contributed by atoms with Gasteiger partial charge in [0.05, 0.1) is 18.6 Å². The molecular weight excluding hydrogens is 679 g/mol. The molecule has 0 radical (unpaired) electrons. The molecule has 5 aromatic carbocycles. The standard InChI is InChI=1S/C44H41N5O3S/c1-30(53-2)25-39(43(51)52)48-42(50)41-40(31-15-7-3-8-16-31)37-26-35(23-24-38(37)47-41)45-27-36-28-49(29-46-36)44(32-17-9-4-10-18-32,33-19-11-5-12-20-33)34-21-13-6-14-22-34/h3-24,26,28-30,39,45,47H,25,27H2,1-2H3,(H,48,50)(H,51,52)/t30?,39-/m0/s1. The van der Waals surface area contributed by atoms with Gasteiger partial charge >= 0.3 is 5.97 Å². The molecule has 0 fully saturated rings. The van der Waals surface area contributed by atoms with Crippen LogP contribution in [0.3, 0.4) is 0 Å². The van der Waals surface area contributed by atoms with Crippen molar-refractivity contribution in [1.82, 2.24) is 19.9 Å². The number of hydrogen-bond acceptors (Lipinski definition) is 5. The molecular formula is C44H41N5O3S. The number of aromatic nitrogens is 3. The zero-order chi connectivity index (χ0) is 36.8. The molecule has 266 valence electrons. The molecule has 0 aliphatic heterocycles. The third-order valence-electron chi connectivity index (χ3n) is 9.73. The fourth-order valence-corrected chi connectivity index (χ4v) is 7.46. The average molecular weight is 720 g/mol. The predicted molar refractivity (Wildman–Crippen MR) is 214 cm³/mol. The summed E-state index contributed by atoms with van der Waals surface area (Å²) in [5.41, 5.74) is 7.07. The summed E-state index contributed by atoms with van der Waals surface area (Å²) in [5, 5.41) is 17.1. The number of nitrogens with one attached hydrogen (secondary N) is 3. The Hall–Kier alpha value is -6.06. The van der Waals surface area contributed by atoms with Crippen molar-refractivity contribution in [3.05, 3.63) is 180 Å². The van der Waals surface area contributed by atoms with Crippen molar-refractivity contribution < 1.29 is 14.7 Å². The number of imidazole rings is 1. The van der Waals surface area contributed by atoms with Crippen LogP contribution in [-0.4, -0.2) is 49.1 Å². The molecule has 2 atom stereocenters. The van der Waals surface area contributed by atoms with Crippen LogP contribution in [0.4, 0.5) is 5.69 Å². The van der Waals surface area contributed by atoms with Crippen LogP contribution < -0.4 is 10.6 Å². The molecule has 1 amide bonds. The summed E-state index contributed by atoms with van der Waals surface area (Å²) in [6.45, 7) is 2.41. The molecule has 7 rings (SSSR count). The summed E-state index contributed by atoms with van der Waals surface area (Å²) >= 11 is 1.57. The Morgan fingerprint density at radius 3 is 1.94 bits per heavy atom. The first-order valence-electron chi connectivity index (χ1n) is 17.6. The lowest BCUT2D eigenvalue weighted by Crippen LogP contribution is -2.42. The average Bonchev–Trinajstić information content (AvgIpc) is 3.84. The number of carboxylic acids is 1. The van der Waals surface area contributed by atoms with Gasteiger partial charge in [0.25, 0.3) is 5.91 Å². The zero-order valence-electron chi connectivity index (χ0n) is 29.6. The number of fused-ring (bicyclic) bond motifs is 1. The minimum atomic E-state index is -1.06. The lowest BCUT2D eigenvalue weighted by atomic mass is 9.77. The zero-order valence-corrected chi connectivity index (χ0v) is 30.4. The first kappa shape index (κ1) is 35.3. The number of amides is 1. The van der Waals surface area contributed by atoms with Gasteiger partial charge in [-0.1, -0.05) is 128 Å². The summed E-state index contributed by atoms with van der Waals surface area (Å²) in [6, 6.07) is 46.1. The second-order valence-electron chi connectivity index (χ2n) is 13.1.